The Balaban J connectivity index is 2.54. The molecule has 0 saturated carbocycles. The Bertz CT molecular complexity index is 1280. The number of hydrogen-bond acceptors (Lipinski definition) is 10. The molecule has 0 fully saturated rings. The number of nitro benzene ring substituents is 1. The van der Waals surface area contributed by atoms with E-state index in [1.807, 2.05) is 0 Å². The maximum atomic E-state index is 13.9. The van der Waals surface area contributed by atoms with Crippen LogP contribution in [0.4, 0.5) is 5.69 Å². The van der Waals surface area contributed by atoms with E-state index in [-0.39, 0.29) is 29.7 Å². The zero-order valence-corrected chi connectivity index (χ0v) is 25.0. The molecule has 2 N–H and O–H groups in total. The van der Waals surface area contributed by atoms with Crippen LogP contribution in [0.3, 0.4) is 0 Å². The molecule has 0 aromatic heterocycles. The van der Waals surface area contributed by atoms with Gasteiger partial charge in [-0.25, -0.2) is 9.59 Å². The first-order valence-electron chi connectivity index (χ1n) is 13.1. The van der Waals surface area contributed by atoms with E-state index < -0.39 is 51.9 Å². The minimum atomic E-state index is -1.24. The van der Waals surface area contributed by atoms with Gasteiger partial charge in [-0.1, -0.05) is 12.1 Å². The second-order valence-electron chi connectivity index (χ2n) is 11.7. The van der Waals surface area contributed by atoms with Crippen LogP contribution in [0.1, 0.15) is 79.7 Å². The number of benzene rings is 1. The summed E-state index contributed by atoms with van der Waals surface area (Å²) in [5.41, 5.74) is -0.672. The summed E-state index contributed by atoms with van der Waals surface area (Å²) < 4.78 is 15.8. The number of methoxy groups -OCH3 is 1. The van der Waals surface area contributed by atoms with Crippen molar-refractivity contribution in [2.75, 3.05) is 7.11 Å². The van der Waals surface area contributed by atoms with Crippen molar-refractivity contribution in [2.24, 2.45) is 0 Å². The topological polar surface area (TPSA) is 163 Å². The Labute approximate surface area is 239 Å². The summed E-state index contributed by atoms with van der Waals surface area (Å²) >= 11 is 0. The van der Waals surface area contributed by atoms with Crippen molar-refractivity contribution in [3.05, 3.63) is 62.5 Å². The number of carbonyl (C=O) groups is 4. The van der Waals surface area contributed by atoms with Crippen LogP contribution in [0.25, 0.3) is 0 Å². The van der Waals surface area contributed by atoms with E-state index in [1.165, 1.54) is 25.3 Å². The number of amides is 1. The molecule has 0 unspecified atom stereocenters. The Morgan fingerprint density at radius 3 is 2.12 bits per heavy atom. The molecule has 1 aliphatic rings. The van der Waals surface area contributed by atoms with Crippen LogP contribution in [0.5, 0.6) is 0 Å². The van der Waals surface area contributed by atoms with E-state index in [4.69, 9.17) is 14.2 Å². The second-order valence-corrected chi connectivity index (χ2v) is 11.7. The molecule has 2 rings (SSSR count). The summed E-state index contributed by atoms with van der Waals surface area (Å²) in [5.74, 6) is -3.86. The van der Waals surface area contributed by atoms with Crippen LogP contribution in [0.15, 0.2) is 46.8 Å². The van der Waals surface area contributed by atoms with Crippen molar-refractivity contribution in [2.45, 2.75) is 91.4 Å². The first kappa shape index (κ1) is 33.0. The molecule has 1 heterocycles. The highest BCUT2D eigenvalue weighted by Crippen LogP contribution is 2.39. The lowest BCUT2D eigenvalue weighted by molar-refractivity contribution is -0.384. The molecule has 224 valence electrons. The summed E-state index contributed by atoms with van der Waals surface area (Å²) in [4.78, 5) is 63.2. The van der Waals surface area contributed by atoms with E-state index in [2.05, 4.69) is 10.6 Å². The van der Waals surface area contributed by atoms with E-state index >= 15 is 0 Å². The summed E-state index contributed by atoms with van der Waals surface area (Å²) in [6, 6.07) is 4.35. The van der Waals surface area contributed by atoms with Crippen LogP contribution in [-0.4, -0.2) is 53.1 Å². The molecule has 1 aromatic rings. The maximum absolute atomic E-state index is 13.9. The number of carbonyl (C=O) groups excluding carboxylic acids is 4. The highest BCUT2D eigenvalue weighted by atomic mass is 16.6. The van der Waals surface area contributed by atoms with Crippen LogP contribution >= 0.6 is 0 Å². The van der Waals surface area contributed by atoms with Crippen molar-refractivity contribution < 1.29 is 38.3 Å². The van der Waals surface area contributed by atoms with Crippen molar-refractivity contribution in [3.8, 4) is 0 Å². The third kappa shape index (κ3) is 9.16. The molecule has 1 amide bonds. The lowest BCUT2D eigenvalue weighted by Gasteiger charge is -2.32. The minimum Gasteiger partial charge on any atom is -0.466 e. The standard InChI is InChI=1S/C29H39N3O9/c1-16-22(24(23(17(2)30-16)27(36)39-9)18-11-10-12-19(15-18)32(37)38)25(34)31-20(26(35)41-29(6,7)8)13-14-21(33)40-28(3,4)5/h10-12,15,20,24,30H,13-14H2,1-9H3,(H,31,34)/t20-,24-/m0/s1. The third-order valence-electron chi connectivity index (χ3n) is 5.88. The molecular formula is C29H39N3O9. The number of nitrogens with zero attached hydrogens (tertiary/aromatic N) is 1. The zero-order valence-electron chi connectivity index (χ0n) is 25.0. The van der Waals surface area contributed by atoms with Gasteiger partial charge < -0.3 is 24.8 Å². The largest absolute Gasteiger partial charge is 0.466 e. The fourth-order valence-corrected chi connectivity index (χ4v) is 4.34. The van der Waals surface area contributed by atoms with E-state index in [1.54, 1.807) is 61.5 Å². The molecule has 12 nitrogen and oxygen atoms in total. The quantitative estimate of drug-likeness (QED) is 0.191. The number of esters is 3. The lowest BCUT2D eigenvalue weighted by Crippen LogP contribution is -2.47. The number of non-ortho nitro benzene ring substituents is 1. The summed E-state index contributed by atoms with van der Waals surface area (Å²) in [6.07, 6.45) is -0.298. The van der Waals surface area contributed by atoms with Gasteiger partial charge in [-0.05, 0) is 67.4 Å². The fraction of sp³-hybridized carbons (Fsp3) is 0.517. The Morgan fingerprint density at radius 2 is 1.59 bits per heavy atom. The first-order valence-corrected chi connectivity index (χ1v) is 13.1. The smallest absolute Gasteiger partial charge is 0.336 e. The number of rotatable bonds is 9. The summed E-state index contributed by atoms with van der Waals surface area (Å²) in [6.45, 7) is 13.4. The monoisotopic (exact) mass is 573 g/mol. The van der Waals surface area contributed by atoms with Crippen LogP contribution in [0.2, 0.25) is 0 Å². The molecule has 0 spiro atoms. The number of hydrogen-bond donors (Lipinski definition) is 2. The predicted molar refractivity (Wildman–Crippen MR) is 149 cm³/mol. The van der Waals surface area contributed by atoms with Crippen LogP contribution in [0, 0.1) is 10.1 Å². The average Bonchev–Trinajstić information content (AvgIpc) is 2.83. The molecule has 0 bridgehead atoms. The Hall–Kier alpha value is -4.22. The number of allylic oxidation sites excluding steroid dienone is 2. The highest BCUT2D eigenvalue weighted by molar-refractivity contribution is 6.03. The van der Waals surface area contributed by atoms with Gasteiger partial charge in [-0.15, -0.1) is 0 Å². The number of dihydropyridines is 1. The fourth-order valence-electron chi connectivity index (χ4n) is 4.34. The van der Waals surface area contributed by atoms with Gasteiger partial charge in [0.05, 0.1) is 23.5 Å². The van der Waals surface area contributed by atoms with Crippen molar-refractivity contribution >= 4 is 29.5 Å². The summed E-state index contributed by atoms with van der Waals surface area (Å²) in [7, 11) is 1.19. The second kappa shape index (κ2) is 13.0. The predicted octanol–water partition coefficient (Wildman–Crippen LogP) is 3.95. The molecule has 0 radical (unpaired) electrons. The highest BCUT2D eigenvalue weighted by Gasteiger charge is 2.39. The maximum Gasteiger partial charge on any atom is 0.336 e. The minimum absolute atomic E-state index is 0.0438. The Morgan fingerprint density at radius 1 is 1.00 bits per heavy atom. The average molecular weight is 574 g/mol. The molecule has 0 aliphatic carbocycles. The van der Waals surface area contributed by atoms with Crippen LogP contribution < -0.4 is 10.6 Å². The van der Waals surface area contributed by atoms with Gasteiger partial charge >= 0.3 is 17.9 Å². The van der Waals surface area contributed by atoms with Crippen molar-refractivity contribution in [1.29, 1.82) is 0 Å². The van der Waals surface area contributed by atoms with Gasteiger partial charge in [-0.3, -0.25) is 19.7 Å². The first-order chi connectivity index (χ1) is 18.8. The molecule has 2 atom stereocenters. The molecule has 1 aromatic carbocycles. The van der Waals surface area contributed by atoms with Gasteiger partial charge in [0.15, 0.2) is 0 Å². The van der Waals surface area contributed by atoms with E-state index in [0.29, 0.717) is 17.0 Å². The SMILES string of the molecule is COC(=O)C1=C(C)NC(C)=C(C(=O)N[C@@H](CCC(=O)OC(C)(C)C)C(=O)OC(C)(C)C)[C@@H]1c1cccc([N+](=O)[O-])c1. The van der Waals surface area contributed by atoms with Crippen molar-refractivity contribution in [3.63, 3.8) is 0 Å². The molecule has 12 heteroatoms. The lowest BCUT2D eigenvalue weighted by atomic mass is 9.79. The van der Waals surface area contributed by atoms with Crippen molar-refractivity contribution in [1.82, 2.24) is 10.6 Å². The molecule has 0 saturated heterocycles. The molecule has 41 heavy (non-hydrogen) atoms. The molecule has 1 aliphatic heterocycles. The third-order valence-corrected chi connectivity index (χ3v) is 5.88. The van der Waals surface area contributed by atoms with E-state index in [0.717, 1.165) is 0 Å². The van der Waals surface area contributed by atoms with Gasteiger partial charge in [0.1, 0.15) is 17.2 Å². The number of nitro groups is 1. The molecular weight excluding hydrogens is 534 g/mol. The Kier molecular flexibility index (Phi) is 10.4. The van der Waals surface area contributed by atoms with Crippen LogP contribution in [-0.2, 0) is 33.4 Å². The van der Waals surface area contributed by atoms with E-state index in [9.17, 15) is 29.3 Å². The van der Waals surface area contributed by atoms with Gasteiger partial charge in [0.25, 0.3) is 11.6 Å². The van der Waals surface area contributed by atoms with Gasteiger partial charge in [0.2, 0.25) is 0 Å². The summed E-state index contributed by atoms with van der Waals surface area (Å²) in [5, 5.41) is 17.2. The van der Waals surface area contributed by atoms with Gasteiger partial charge in [-0.2, -0.15) is 0 Å². The number of nitrogens with one attached hydrogen (secondary N) is 2. The zero-order chi connectivity index (χ0) is 31.3. The van der Waals surface area contributed by atoms with Gasteiger partial charge in [0, 0.05) is 35.5 Å². The number of ether oxygens (including phenoxy) is 3. The normalized spacial score (nSPS) is 16.4.